The van der Waals surface area contributed by atoms with Gasteiger partial charge in [-0.25, -0.2) is 9.97 Å². The Kier molecular flexibility index (Phi) is 10.8. The minimum atomic E-state index is -0.633. The molecule has 2 amide bonds. The number of fused-ring (bicyclic) bond motifs is 6. The first-order valence-corrected chi connectivity index (χ1v) is 23.6. The van der Waals surface area contributed by atoms with Gasteiger partial charge in [-0.15, -0.1) is 0 Å². The van der Waals surface area contributed by atoms with Crippen molar-refractivity contribution in [2.24, 2.45) is 35.8 Å². The lowest BCUT2D eigenvalue weighted by Crippen LogP contribution is -2.34. The molecule has 4 heterocycles. The lowest BCUT2D eigenvalue weighted by Gasteiger charge is -2.32. The molecular formula is C48H56Cl2N8O6. The molecule has 4 aromatic rings. The number of hydrogen-bond acceptors (Lipinski definition) is 8. The number of carboxylic acid groups (broad SMARTS) is 2. The van der Waals surface area contributed by atoms with E-state index in [-0.39, 0.29) is 22.6 Å². The molecule has 0 spiro atoms. The third-order valence-electron chi connectivity index (χ3n) is 16.6. The van der Waals surface area contributed by atoms with Gasteiger partial charge >= 0.3 is 11.9 Å². The number of carboxylic acids is 2. The van der Waals surface area contributed by atoms with Crippen molar-refractivity contribution in [3.05, 3.63) is 80.9 Å². The molecular weight excluding hydrogens is 855 g/mol. The third-order valence-corrected chi connectivity index (χ3v) is 17.5. The van der Waals surface area contributed by atoms with Crippen LogP contribution in [0, 0.1) is 21.7 Å². The van der Waals surface area contributed by atoms with Gasteiger partial charge in [0.15, 0.2) is 11.6 Å². The fourth-order valence-electron chi connectivity index (χ4n) is 12.7. The molecule has 6 aliphatic rings. The second-order valence-electron chi connectivity index (χ2n) is 20.1. The van der Waals surface area contributed by atoms with E-state index < -0.39 is 22.8 Å². The molecule has 0 radical (unpaired) electrons. The van der Waals surface area contributed by atoms with Crippen molar-refractivity contribution in [2.45, 2.75) is 103 Å². The maximum absolute atomic E-state index is 13.8. The first-order valence-electron chi connectivity index (χ1n) is 22.8. The highest BCUT2D eigenvalue weighted by atomic mass is 35.5. The molecule has 0 atom stereocenters. The van der Waals surface area contributed by atoms with Crippen LogP contribution < -0.4 is 10.6 Å². The van der Waals surface area contributed by atoms with Gasteiger partial charge in [0.1, 0.15) is 0 Å². The third kappa shape index (κ3) is 7.32. The second kappa shape index (κ2) is 16.0. The van der Waals surface area contributed by atoms with Gasteiger partial charge in [0.2, 0.25) is 0 Å². The SMILES string of the molecule is Cn1c(C(=O)Nc2cccc(-c3cccc(NC(=O)c4nc5c(n4C)CCN(CCC46CCC(C(=O)O)(CC4)C6)C5)c3Cl)c2Cl)nc2c1CCN(CCC13CCC(C(=O)O)(CC1)C3)C2. The number of amides is 2. The quantitative estimate of drug-likeness (QED) is 0.102. The summed E-state index contributed by atoms with van der Waals surface area (Å²) >= 11 is 14.0. The maximum Gasteiger partial charge on any atom is 0.309 e. The van der Waals surface area contributed by atoms with Gasteiger partial charge in [-0.3, -0.25) is 29.0 Å². The molecule has 2 aliphatic heterocycles. The van der Waals surface area contributed by atoms with Gasteiger partial charge in [0.25, 0.3) is 11.8 Å². The largest absolute Gasteiger partial charge is 0.481 e. The monoisotopic (exact) mass is 910 g/mol. The normalized spacial score (nSPS) is 27.1. The van der Waals surface area contributed by atoms with Crippen molar-refractivity contribution < 1.29 is 29.4 Å². The lowest BCUT2D eigenvalue weighted by molar-refractivity contribution is -0.149. The number of anilines is 2. The Bertz CT molecular complexity index is 2410. The van der Waals surface area contributed by atoms with Gasteiger partial charge in [-0.1, -0.05) is 47.5 Å². The minimum Gasteiger partial charge on any atom is -0.481 e. The number of aliphatic carboxylic acids is 2. The first-order chi connectivity index (χ1) is 30.6. The predicted octanol–water partition coefficient (Wildman–Crippen LogP) is 8.20. The minimum absolute atomic E-state index is 0.123. The summed E-state index contributed by atoms with van der Waals surface area (Å²) in [7, 11) is 3.73. The van der Waals surface area contributed by atoms with Crippen molar-refractivity contribution >= 4 is 58.3 Å². The summed E-state index contributed by atoms with van der Waals surface area (Å²) < 4.78 is 3.73. The van der Waals surface area contributed by atoms with E-state index in [1.54, 1.807) is 24.3 Å². The van der Waals surface area contributed by atoms with Crippen LogP contribution in [0.15, 0.2) is 36.4 Å². The molecule has 2 aromatic carbocycles. The van der Waals surface area contributed by atoms with Crippen LogP contribution in [0.3, 0.4) is 0 Å². The highest BCUT2D eigenvalue weighted by molar-refractivity contribution is 6.40. The van der Waals surface area contributed by atoms with Crippen LogP contribution in [-0.4, -0.2) is 89.0 Å². The van der Waals surface area contributed by atoms with Crippen LogP contribution in [0.5, 0.6) is 0 Å². The highest BCUT2D eigenvalue weighted by Crippen LogP contribution is 2.64. The second-order valence-corrected chi connectivity index (χ2v) is 20.9. The Morgan fingerprint density at radius 3 is 1.38 bits per heavy atom. The summed E-state index contributed by atoms with van der Waals surface area (Å²) in [6, 6.07) is 10.7. The van der Waals surface area contributed by atoms with Gasteiger partial charge in [-0.05, 0) is 113 Å². The fourth-order valence-corrected chi connectivity index (χ4v) is 13.2. The van der Waals surface area contributed by atoms with Crippen molar-refractivity contribution in [1.29, 1.82) is 0 Å². The molecule has 4 saturated carbocycles. The van der Waals surface area contributed by atoms with E-state index >= 15 is 0 Å². The Morgan fingerprint density at radius 2 is 1.02 bits per heavy atom. The van der Waals surface area contributed by atoms with E-state index in [0.717, 1.165) is 139 Å². The summed E-state index contributed by atoms with van der Waals surface area (Å²) in [5, 5.41) is 26.2. The van der Waals surface area contributed by atoms with Gasteiger partial charge in [-0.2, -0.15) is 0 Å². The Labute approximate surface area is 382 Å². The van der Waals surface area contributed by atoms with Crippen molar-refractivity contribution in [3.8, 4) is 11.1 Å². The summed E-state index contributed by atoms with van der Waals surface area (Å²) in [6.45, 7) is 4.75. The Morgan fingerprint density at radius 1 is 0.625 bits per heavy atom. The lowest BCUT2D eigenvalue weighted by atomic mass is 9.80. The number of hydrogen-bond donors (Lipinski definition) is 4. The summed E-state index contributed by atoms with van der Waals surface area (Å²) in [4.78, 5) is 66.0. The number of halogens is 2. The van der Waals surface area contributed by atoms with E-state index in [1.165, 1.54) is 0 Å². The molecule has 4 fully saturated rings. The standard InChI is InChI=1S/C48H56Cl2N8O6/c1-55-35-9-21-57(23-19-45-11-15-47(27-45,16-12-45)43(61)62)25-33(35)51-39(55)41(59)53-31-7-3-5-29(37(31)49)30-6-4-8-32(38(30)50)54-42(60)40-52-34-26-58(22-10-36(34)56(40)2)24-20-46-13-17-48(28-46,18-14-46)44(63)64/h3-8H,9-28H2,1-2H3,(H,53,59)(H,54,60)(H,61,62)(H,63,64). The van der Waals surface area contributed by atoms with E-state index in [0.29, 0.717) is 57.3 Å². The van der Waals surface area contributed by atoms with Crippen LogP contribution in [0.25, 0.3) is 11.1 Å². The molecule has 14 nitrogen and oxygen atoms in total. The van der Waals surface area contributed by atoms with Gasteiger partial charge in [0, 0.05) is 75.6 Å². The number of aromatic nitrogens is 4. The molecule has 4 N–H and O–H groups in total. The summed E-state index contributed by atoms with van der Waals surface area (Å²) in [6.07, 6.45) is 12.2. The fraction of sp³-hybridized carbons (Fsp3) is 0.542. The molecule has 0 saturated heterocycles. The zero-order valence-electron chi connectivity index (χ0n) is 36.6. The molecule has 4 bridgehead atoms. The molecule has 10 rings (SSSR count). The maximum atomic E-state index is 13.8. The van der Waals surface area contributed by atoms with Crippen LogP contribution >= 0.6 is 23.2 Å². The molecule has 2 aromatic heterocycles. The predicted molar refractivity (Wildman–Crippen MR) is 243 cm³/mol. The smallest absolute Gasteiger partial charge is 0.309 e. The van der Waals surface area contributed by atoms with E-state index in [2.05, 4.69) is 20.4 Å². The molecule has 16 heteroatoms. The number of imidazole rings is 2. The topological polar surface area (TPSA) is 175 Å². The first kappa shape index (κ1) is 43.1. The van der Waals surface area contributed by atoms with Crippen molar-refractivity contribution in [1.82, 2.24) is 28.9 Å². The zero-order chi connectivity index (χ0) is 44.8. The Hall–Kier alpha value is -4.76. The van der Waals surface area contributed by atoms with Crippen LogP contribution in [0.4, 0.5) is 11.4 Å². The number of nitrogens with zero attached hydrogens (tertiary/aromatic N) is 6. The van der Waals surface area contributed by atoms with Crippen LogP contribution in [-0.2, 0) is 49.6 Å². The van der Waals surface area contributed by atoms with E-state index in [1.807, 2.05) is 35.4 Å². The van der Waals surface area contributed by atoms with E-state index in [4.69, 9.17) is 33.2 Å². The average Bonchev–Trinajstić information content (AvgIpc) is 4.15. The van der Waals surface area contributed by atoms with Gasteiger partial charge in [0.05, 0.1) is 43.6 Å². The molecule has 0 unspecified atom stereocenters. The number of benzene rings is 2. The van der Waals surface area contributed by atoms with Crippen molar-refractivity contribution in [3.63, 3.8) is 0 Å². The number of rotatable bonds is 13. The molecule has 4 aliphatic carbocycles. The molecule has 338 valence electrons. The average molecular weight is 912 g/mol. The van der Waals surface area contributed by atoms with Gasteiger partial charge < -0.3 is 30.0 Å². The summed E-state index contributed by atoms with van der Waals surface area (Å²) in [5.74, 6) is -1.45. The van der Waals surface area contributed by atoms with Crippen molar-refractivity contribution in [2.75, 3.05) is 36.8 Å². The van der Waals surface area contributed by atoms with Crippen LogP contribution in [0.2, 0.25) is 10.0 Å². The van der Waals surface area contributed by atoms with E-state index in [9.17, 15) is 29.4 Å². The summed E-state index contributed by atoms with van der Waals surface area (Å²) in [5.41, 5.74) is 4.99. The zero-order valence-corrected chi connectivity index (χ0v) is 38.1. The number of carbonyl (C=O) groups is 4. The Balaban J connectivity index is 0.779. The molecule has 64 heavy (non-hydrogen) atoms. The number of carbonyl (C=O) groups excluding carboxylic acids is 2. The highest BCUT2D eigenvalue weighted by Gasteiger charge is 2.59. The number of nitrogens with one attached hydrogen (secondary N) is 2. The van der Waals surface area contributed by atoms with Crippen LogP contribution in [0.1, 0.15) is 121 Å².